The Morgan fingerprint density at radius 3 is 2.76 bits per heavy atom. The number of aryl methyl sites for hydroxylation is 2. The average Bonchev–Trinajstić information content (AvgIpc) is 3.41. The van der Waals surface area contributed by atoms with E-state index < -0.39 is 0 Å². The van der Waals surface area contributed by atoms with Crippen LogP contribution in [0.2, 0.25) is 0 Å². The molecular weight excluding hydrogens is 388 g/mol. The molecule has 6 nitrogen and oxygen atoms in total. The summed E-state index contributed by atoms with van der Waals surface area (Å²) in [6.07, 6.45) is 3.03. The Kier molecular flexibility index (Phi) is 5.49. The number of carbonyl (C=O) groups excluding carboxylic acids is 1. The van der Waals surface area contributed by atoms with Crippen molar-refractivity contribution < 1.29 is 18.7 Å². The maximum Gasteiger partial charge on any atom is 0.259 e. The summed E-state index contributed by atoms with van der Waals surface area (Å²) in [7, 11) is 3.18. The van der Waals surface area contributed by atoms with E-state index in [0.29, 0.717) is 23.7 Å². The highest BCUT2D eigenvalue weighted by atomic mass is 32.1. The topological polar surface area (TPSA) is 72.7 Å². The van der Waals surface area contributed by atoms with Gasteiger partial charge in [0.1, 0.15) is 28.0 Å². The molecule has 2 N–H and O–H groups in total. The smallest absolute Gasteiger partial charge is 0.259 e. The first-order valence-electron chi connectivity index (χ1n) is 9.56. The number of rotatable bonds is 7. The van der Waals surface area contributed by atoms with Crippen LogP contribution < -0.4 is 20.1 Å². The van der Waals surface area contributed by atoms with E-state index in [1.54, 1.807) is 43.8 Å². The van der Waals surface area contributed by atoms with E-state index in [9.17, 15) is 4.79 Å². The highest BCUT2D eigenvalue weighted by molar-refractivity contribution is 7.16. The summed E-state index contributed by atoms with van der Waals surface area (Å²) in [4.78, 5) is 14.6. The number of nitrogens with one attached hydrogen (secondary N) is 2. The van der Waals surface area contributed by atoms with Gasteiger partial charge in [0, 0.05) is 10.9 Å². The minimum Gasteiger partial charge on any atom is -0.497 e. The molecule has 0 unspecified atom stereocenters. The Morgan fingerprint density at radius 1 is 1.17 bits per heavy atom. The summed E-state index contributed by atoms with van der Waals surface area (Å²) >= 11 is 1.66. The normalized spacial score (nSPS) is 12.5. The highest BCUT2D eigenvalue weighted by Crippen LogP contribution is 2.40. The van der Waals surface area contributed by atoms with Gasteiger partial charge in [0.25, 0.3) is 5.91 Å². The Bertz CT molecular complexity index is 1040. The van der Waals surface area contributed by atoms with Gasteiger partial charge in [0.2, 0.25) is 0 Å². The second kappa shape index (κ2) is 8.21. The molecule has 0 saturated carbocycles. The lowest BCUT2D eigenvalue weighted by atomic mass is 10.1. The number of ether oxygens (including phenoxy) is 2. The van der Waals surface area contributed by atoms with Crippen molar-refractivity contribution in [3.8, 4) is 11.5 Å². The zero-order chi connectivity index (χ0) is 20.4. The minimum atomic E-state index is -0.144. The van der Waals surface area contributed by atoms with Gasteiger partial charge in [-0.2, -0.15) is 0 Å². The van der Waals surface area contributed by atoms with Crippen LogP contribution in [-0.4, -0.2) is 20.1 Å². The predicted octanol–water partition coefficient (Wildman–Crippen LogP) is 5.02. The van der Waals surface area contributed by atoms with Crippen LogP contribution in [0.15, 0.2) is 34.7 Å². The van der Waals surface area contributed by atoms with Crippen molar-refractivity contribution in [2.75, 3.05) is 24.9 Å². The molecular formula is C22H24N2O4S. The average molecular weight is 413 g/mol. The number of fused-ring (bicyclic) bond motifs is 1. The van der Waals surface area contributed by atoms with Crippen molar-refractivity contribution in [1.29, 1.82) is 0 Å². The first kappa shape index (κ1) is 19.4. The third kappa shape index (κ3) is 3.96. The van der Waals surface area contributed by atoms with E-state index >= 15 is 0 Å². The number of hydrogen-bond acceptors (Lipinski definition) is 6. The lowest BCUT2D eigenvalue weighted by Crippen LogP contribution is -2.15. The van der Waals surface area contributed by atoms with E-state index in [1.807, 2.05) is 19.1 Å². The second-order valence-corrected chi connectivity index (χ2v) is 8.05. The highest BCUT2D eigenvalue weighted by Gasteiger charge is 2.27. The van der Waals surface area contributed by atoms with E-state index in [-0.39, 0.29) is 5.91 Å². The zero-order valence-electron chi connectivity index (χ0n) is 16.8. The van der Waals surface area contributed by atoms with Crippen LogP contribution in [-0.2, 0) is 19.4 Å². The molecule has 0 atom stereocenters. The Hall–Kier alpha value is -2.93. The SMILES string of the molecule is COc1ccc(OC)c(NC(=O)c2c(NCc3ccc(C)o3)sc3c2CCC3)c1. The number of methoxy groups -OCH3 is 2. The van der Waals surface area contributed by atoms with E-state index in [2.05, 4.69) is 10.6 Å². The first-order chi connectivity index (χ1) is 14.1. The molecule has 3 aromatic rings. The Balaban J connectivity index is 1.61. The van der Waals surface area contributed by atoms with Crippen molar-refractivity contribution in [2.24, 2.45) is 0 Å². The number of anilines is 2. The van der Waals surface area contributed by atoms with Crippen molar-refractivity contribution in [2.45, 2.75) is 32.7 Å². The summed E-state index contributed by atoms with van der Waals surface area (Å²) in [6, 6.07) is 9.24. The zero-order valence-corrected chi connectivity index (χ0v) is 17.6. The number of hydrogen-bond donors (Lipinski definition) is 2. The molecule has 7 heteroatoms. The molecule has 1 amide bonds. The fourth-order valence-corrected chi connectivity index (χ4v) is 4.90. The number of benzene rings is 1. The molecule has 0 spiro atoms. The van der Waals surface area contributed by atoms with Crippen molar-refractivity contribution >= 4 is 27.9 Å². The van der Waals surface area contributed by atoms with Gasteiger partial charge in [0.15, 0.2) is 0 Å². The van der Waals surface area contributed by atoms with Crippen LogP contribution in [0.3, 0.4) is 0 Å². The second-order valence-electron chi connectivity index (χ2n) is 6.95. The number of carbonyl (C=O) groups is 1. The van der Waals surface area contributed by atoms with Gasteiger partial charge in [-0.05, 0) is 56.0 Å². The van der Waals surface area contributed by atoms with Crippen LogP contribution in [0, 0.1) is 6.92 Å². The fraction of sp³-hybridized carbons (Fsp3) is 0.318. The van der Waals surface area contributed by atoms with Gasteiger partial charge in [-0.3, -0.25) is 4.79 Å². The van der Waals surface area contributed by atoms with Gasteiger partial charge in [-0.1, -0.05) is 0 Å². The van der Waals surface area contributed by atoms with E-state index in [1.165, 1.54) is 4.88 Å². The lowest BCUT2D eigenvalue weighted by molar-refractivity contribution is 0.102. The van der Waals surface area contributed by atoms with Crippen LogP contribution in [0.4, 0.5) is 10.7 Å². The third-order valence-electron chi connectivity index (χ3n) is 5.02. The van der Waals surface area contributed by atoms with Crippen molar-refractivity contribution in [3.63, 3.8) is 0 Å². The predicted molar refractivity (Wildman–Crippen MR) is 115 cm³/mol. The third-order valence-corrected chi connectivity index (χ3v) is 6.27. The molecule has 2 aromatic heterocycles. The molecule has 4 rings (SSSR count). The monoisotopic (exact) mass is 412 g/mol. The van der Waals surface area contributed by atoms with Crippen LogP contribution >= 0.6 is 11.3 Å². The minimum absolute atomic E-state index is 0.144. The summed E-state index contributed by atoms with van der Waals surface area (Å²) in [5.74, 6) is 2.82. The molecule has 1 aliphatic rings. The van der Waals surface area contributed by atoms with Crippen LogP contribution in [0.1, 0.15) is 38.7 Å². The number of amides is 1. The maximum absolute atomic E-state index is 13.3. The van der Waals surface area contributed by atoms with E-state index in [4.69, 9.17) is 13.9 Å². The molecule has 0 fully saturated rings. The standard InChI is InChI=1S/C22H24N2O4S/c1-13-7-8-15(28-13)12-23-22-20(16-5-4-6-19(16)29-22)21(25)24-17-11-14(26-2)9-10-18(17)27-3/h7-11,23H,4-6,12H2,1-3H3,(H,24,25). The Labute approximate surface area is 173 Å². The molecule has 0 saturated heterocycles. The van der Waals surface area contributed by atoms with Crippen molar-refractivity contribution in [3.05, 3.63) is 57.9 Å². The van der Waals surface area contributed by atoms with Gasteiger partial charge in [0.05, 0.1) is 32.0 Å². The molecule has 0 aliphatic heterocycles. The van der Waals surface area contributed by atoms with Crippen LogP contribution in [0.25, 0.3) is 0 Å². The summed E-state index contributed by atoms with van der Waals surface area (Å²) < 4.78 is 16.3. The number of thiophene rings is 1. The maximum atomic E-state index is 13.3. The molecule has 29 heavy (non-hydrogen) atoms. The van der Waals surface area contributed by atoms with Crippen molar-refractivity contribution in [1.82, 2.24) is 0 Å². The first-order valence-corrected chi connectivity index (χ1v) is 10.4. The van der Waals surface area contributed by atoms with Gasteiger partial charge in [-0.25, -0.2) is 0 Å². The molecule has 2 heterocycles. The lowest BCUT2D eigenvalue weighted by Gasteiger charge is -2.13. The van der Waals surface area contributed by atoms with Gasteiger partial charge in [-0.15, -0.1) is 11.3 Å². The van der Waals surface area contributed by atoms with E-state index in [0.717, 1.165) is 46.9 Å². The summed E-state index contributed by atoms with van der Waals surface area (Å²) in [5, 5.41) is 7.29. The molecule has 1 aliphatic carbocycles. The summed E-state index contributed by atoms with van der Waals surface area (Å²) in [6.45, 7) is 2.46. The summed E-state index contributed by atoms with van der Waals surface area (Å²) in [5.41, 5.74) is 2.45. The van der Waals surface area contributed by atoms with Gasteiger partial charge >= 0.3 is 0 Å². The Morgan fingerprint density at radius 2 is 2.03 bits per heavy atom. The molecule has 0 radical (unpaired) electrons. The largest absolute Gasteiger partial charge is 0.497 e. The molecule has 0 bridgehead atoms. The number of furan rings is 1. The van der Waals surface area contributed by atoms with Crippen LogP contribution in [0.5, 0.6) is 11.5 Å². The molecule has 1 aromatic carbocycles. The quantitative estimate of drug-likeness (QED) is 0.570. The molecule has 152 valence electrons. The fourth-order valence-electron chi connectivity index (χ4n) is 3.61. The van der Waals surface area contributed by atoms with Gasteiger partial charge < -0.3 is 24.5 Å².